The Morgan fingerprint density at radius 2 is 2.11 bits per heavy atom. The molecular formula is C14H20BrNO2. The van der Waals surface area contributed by atoms with E-state index in [0.29, 0.717) is 6.61 Å². The second-order valence-electron chi connectivity index (χ2n) is 4.53. The molecule has 1 atom stereocenters. The topological polar surface area (TPSA) is 38.3 Å². The number of esters is 1. The lowest BCUT2D eigenvalue weighted by atomic mass is 10.0. The normalized spacial score (nSPS) is 12.6. The van der Waals surface area contributed by atoms with Crippen LogP contribution in [0.5, 0.6) is 0 Å². The molecule has 1 rings (SSSR count). The summed E-state index contributed by atoms with van der Waals surface area (Å²) >= 11 is 3.51. The summed E-state index contributed by atoms with van der Waals surface area (Å²) in [6.45, 7) is 8.24. The minimum atomic E-state index is -0.431. The molecule has 0 fully saturated rings. The third-order valence-electron chi connectivity index (χ3n) is 2.49. The van der Waals surface area contributed by atoms with Gasteiger partial charge in [0.2, 0.25) is 0 Å². The number of rotatable bonds is 5. The van der Waals surface area contributed by atoms with Gasteiger partial charge >= 0.3 is 5.97 Å². The number of aryl methyl sites for hydroxylation is 1. The van der Waals surface area contributed by atoms with Crippen molar-refractivity contribution >= 4 is 21.9 Å². The predicted molar refractivity (Wildman–Crippen MR) is 76.5 cm³/mol. The molecular weight excluding hydrogens is 294 g/mol. The van der Waals surface area contributed by atoms with E-state index in [0.717, 1.165) is 15.6 Å². The molecule has 4 heteroatoms. The highest BCUT2D eigenvalue weighted by Crippen LogP contribution is 2.26. The van der Waals surface area contributed by atoms with Crippen LogP contribution >= 0.6 is 15.9 Å². The van der Waals surface area contributed by atoms with E-state index in [1.165, 1.54) is 0 Å². The lowest BCUT2D eigenvalue weighted by Crippen LogP contribution is -2.35. The zero-order valence-electron chi connectivity index (χ0n) is 11.3. The van der Waals surface area contributed by atoms with E-state index in [1.807, 2.05) is 45.9 Å². The van der Waals surface area contributed by atoms with E-state index in [1.54, 1.807) is 0 Å². The fraction of sp³-hybridized carbons (Fsp3) is 0.500. The molecule has 0 amide bonds. The molecule has 0 bridgehead atoms. The van der Waals surface area contributed by atoms with Gasteiger partial charge in [-0.1, -0.05) is 28.1 Å². The van der Waals surface area contributed by atoms with Gasteiger partial charge in [0.1, 0.15) is 6.04 Å². The molecule has 1 aromatic carbocycles. The predicted octanol–water partition coefficient (Wildman–Crippen LogP) is 3.36. The van der Waals surface area contributed by atoms with Crippen LogP contribution in [0.4, 0.5) is 0 Å². The number of carbonyl (C=O) groups is 1. The van der Waals surface area contributed by atoms with Crippen LogP contribution in [0.15, 0.2) is 22.7 Å². The molecule has 0 saturated heterocycles. The molecule has 1 N–H and O–H groups in total. The Bertz CT molecular complexity index is 418. The van der Waals surface area contributed by atoms with Crippen molar-refractivity contribution in [3.05, 3.63) is 33.8 Å². The van der Waals surface area contributed by atoms with Gasteiger partial charge in [-0.25, -0.2) is 4.79 Å². The largest absolute Gasteiger partial charge is 0.465 e. The molecule has 0 aliphatic rings. The first kappa shape index (κ1) is 15.2. The molecule has 1 aromatic rings. The van der Waals surface area contributed by atoms with Crippen molar-refractivity contribution in [1.29, 1.82) is 0 Å². The Balaban J connectivity index is 3.04. The molecule has 100 valence electrons. The van der Waals surface area contributed by atoms with Crippen molar-refractivity contribution in [1.82, 2.24) is 5.32 Å². The van der Waals surface area contributed by atoms with E-state index < -0.39 is 6.04 Å². The minimum Gasteiger partial charge on any atom is -0.465 e. The molecule has 0 saturated carbocycles. The van der Waals surface area contributed by atoms with Crippen LogP contribution in [0, 0.1) is 6.92 Å². The third kappa shape index (κ3) is 4.10. The van der Waals surface area contributed by atoms with Crippen molar-refractivity contribution in [3.63, 3.8) is 0 Å². The van der Waals surface area contributed by atoms with Crippen molar-refractivity contribution in [2.75, 3.05) is 6.61 Å². The molecule has 3 nitrogen and oxygen atoms in total. The first-order valence-electron chi connectivity index (χ1n) is 6.14. The first-order chi connectivity index (χ1) is 8.45. The standard InChI is InChI=1S/C14H20BrNO2/c1-5-18-14(17)13(16-9(2)3)11-7-6-10(4)8-12(11)15/h6-9,13,16H,5H2,1-4H3. The number of carbonyl (C=O) groups excluding carboxylic acids is 1. The van der Waals surface area contributed by atoms with Gasteiger partial charge in [-0.3, -0.25) is 5.32 Å². The van der Waals surface area contributed by atoms with E-state index in [2.05, 4.69) is 21.2 Å². The Kier molecular flexibility index (Phi) is 5.82. The zero-order chi connectivity index (χ0) is 13.7. The average Bonchev–Trinajstić information content (AvgIpc) is 2.26. The summed E-state index contributed by atoms with van der Waals surface area (Å²) in [6, 6.07) is 5.72. The SMILES string of the molecule is CCOC(=O)C(NC(C)C)c1ccc(C)cc1Br. The van der Waals surface area contributed by atoms with E-state index >= 15 is 0 Å². The highest BCUT2D eigenvalue weighted by molar-refractivity contribution is 9.10. The lowest BCUT2D eigenvalue weighted by molar-refractivity contribution is -0.146. The fourth-order valence-electron chi connectivity index (χ4n) is 1.71. The summed E-state index contributed by atoms with van der Waals surface area (Å²) in [5, 5.41) is 3.24. The lowest BCUT2D eigenvalue weighted by Gasteiger charge is -2.21. The van der Waals surface area contributed by atoms with Crippen molar-refractivity contribution in [3.8, 4) is 0 Å². The molecule has 1 unspecified atom stereocenters. The number of nitrogens with one attached hydrogen (secondary N) is 1. The van der Waals surface area contributed by atoms with Crippen LogP contribution in [0.2, 0.25) is 0 Å². The van der Waals surface area contributed by atoms with Crippen LogP contribution in [-0.4, -0.2) is 18.6 Å². The van der Waals surface area contributed by atoms with Gasteiger partial charge < -0.3 is 4.74 Å². The van der Waals surface area contributed by atoms with Gasteiger partial charge in [-0.2, -0.15) is 0 Å². The summed E-state index contributed by atoms with van der Waals surface area (Å²) in [4.78, 5) is 12.0. The van der Waals surface area contributed by atoms with Gasteiger partial charge in [0.15, 0.2) is 0 Å². The summed E-state index contributed by atoms with van der Waals surface area (Å²) < 4.78 is 6.05. The van der Waals surface area contributed by atoms with Crippen molar-refractivity contribution < 1.29 is 9.53 Å². The van der Waals surface area contributed by atoms with Crippen LogP contribution in [0.1, 0.15) is 37.9 Å². The average molecular weight is 314 g/mol. The van der Waals surface area contributed by atoms with Crippen LogP contribution < -0.4 is 5.32 Å². The fourth-order valence-corrected chi connectivity index (χ4v) is 2.43. The molecule has 0 radical (unpaired) electrons. The monoisotopic (exact) mass is 313 g/mol. The molecule has 0 aliphatic carbocycles. The van der Waals surface area contributed by atoms with Crippen molar-refractivity contribution in [2.24, 2.45) is 0 Å². The Morgan fingerprint density at radius 3 is 2.61 bits per heavy atom. The number of hydrogen-bond donors (Lipinski definition) is 1. The quantitative estimate of drug-likeness (QED) is 0.847. The van der Waals surface area contributed by atoms with Crippen LogP contribution in [-0.2, 0) is 9.53 Å². The maximum atomic E-state index is 12.0. The zero-order valence-corrected chi connectivity index (χ0v) is 12.9. The van der Waals surface area contributed by atoms with Gasteiger partial charge in [0.25, 0.3) is 0 Å². The second kappa shape index (κ2) is 6.90. The summed E-state index contributed by atoms with van der Waals surface area (Å²) in [5.74, 6) is -0.240. The molecule has 0 aliphatic heterocycles. The van der Waals surface area contributed by atoms with Gasteiger partial charge in [0, 0.05) is 10.5 Å². The Morgan fingerprint density at radius 1 is 1.44 bits per heavy atom. The molecule has 0 aromatic heterocycles. The van der Waals surface area contributed by atoms with Gasteiger partial charge in [0.05, 0.1) is 6.61 Å². The number of benzene rings is 1. The van der Waals surface area contributed by atoms with Gasteiger partial charge in [-0.05, 0) is 44.9 Å². The first-order valence-corrected chi connectivity index (χ1v) is 6.93. The maximum Gasteiger partial charge on any atom is 0.327 e. The number of hydrogen-bond acceptors (Lipinski definition) is 3. The van der Waals surface area contributed by atoms with Crippen LogP contribution in [0.25, 0.3) is 0 Å². The summed E-state index contributed by atoms with van der Waals surface area (Å²) in [5.41, 5.74) is 2.06. The highest BCUT2D eigenvalue weighted by Gasteiger charge is 2.24. The van der Waals surface area contributed by atoms with Gasteiger partial charge in [-0.15, -0.1) is 0 Å². The summed E-state index contributed by atoms with van der Waals surface area (Å²) in [7, 11) is 0. The summed E-state index contributed by atoms with van der Waals surface area (Å²) in [6.07, 6.45) is 0. The molecule has 0 heterocycles. The van der Waals surface area contributed by atoms with Crippen LogP contribution in [0.3, 0.4) is 0 Å². The second-order valence-corrected chi connectivity index (χ2v) is 5.39. The maximum absolute atomic E-state index is 12.0. The third-order valence-corrected chi connectivity index (χ3v) is 3.18. The van der Waals surface area contributed by atoms with E-state index in [9.17, 15) is 4.79 Å². The molecule has 0 spiro atoms. The number of halogens is 1. The van der Waals surface area contributed by atoms with Crippen molar-refractivity contribution in [2.45, 2.75) is 39.8 Å². The Hall–Kier alpha value is -0.870. The molecule has 18 heavy (non-hydrogen) atoms. The smallest absolute Gasteiger partial charge is 0.327 e. The Labute approximate surface area is 117 Å². The van der Waals surface area contributed by atoms with E-state index in [-0.39, 0.29) is 12.0 Å². The minimum absolute atomic E-state index is 0.201. The highest BCUT2D eigenvalue weighted by atomic mass is 79.9. The van der Waals surface area contributed by atoms with E-state index in [4.69, 9.17) is 4.74 Å². The number of ether oxygens (including phenoxy) is 1.